The molecule has 2 amide bonds. The van der Waals surface area contributed by atoms with E-state index in [9.17, 15) is 14.4 Å². The molecule has 1 saturated carbocycles. The van der Waals surface area contributed by atoms with E-state index >= 15 is 0 Å². The molecule has 0 unspecified atom stereocenters. The minimum atomic E-state index is -1.13. The van der Waals surface area contributed by atoms with E-state index in [0.29, 0.717) is 11.5 Å². The predicted octanol–water partition coefficient (Wildman–Crippen LogP) is 2.32. The van der Waals surface area contributed by atoms with Crippen LogP contribution in [0.4, 0.5) is 0 Å². The number of aromatic nitrogens is 5. The smallest absolute Gasteiger partial charge is 0.325 e. The molecule has 11 heteroatoms. The molecule has 37 heavy (non-hydrogen) atoms. The van der Waals surface area contributed by atoms with Crippen LogP contribution in [0.15, 0.2) is 54.7 Å². The van der Waals surface area contributed by atoms with Crippen molar-refractivity contribution in [3.05, 3.63) is 60.4 Å². The summed E-state index contributed by atoms with van der Waals surface area (Å²) in [6.45, 7) is 1.08. The van der Waals surface area contributed by atoms with E-state index in [2.05, 4.69) is 25.7 Å². The molecule has 2 aromatic heterocycles. The largest absolute Gasteiger partial charge is 0.465 e. The first-order chi connectivity index (χ1) is 18.0. The third kappa shape index (κ3) is 6.96. The second-order valence-electron chi connectivity index (χ2n) is 8.84. The van der Waals surface area contributed by atoms with Gasteiger partial charge in [-0.05, 0) is 37.1 Å². The fourth-order valence-corrected chi connectivity index (χ4v) is 4.39. The molecule has 0 aliphatic heterocycles. The number of benzene rings is 1. The van der Waals surface area contributed by atoms with Crippen LogP contribution in [0, 0.1) is 0 Å². The lowest BCUT2D eigenvalue weighted by Gasteiger charge is -2.32. The Morgan fingerprint density at radius 3 is 2.54 bits per heavy atom. The predicted molar refractivity (Wildman–Crippen MR) is 134 cm³/mol. The van der Waals surface area contributed by atoms with E-state index in [0.717, 1.165) is 42.5 Å². The van der Waals surface area contributed by atoms with Crippen LogP contribution in [-0.4, -0.2) is 67.1 Å². The molecule has 3 aromatic rings. The second-order valence-corrected chi connectivity index (χ2v) is 8.84. The Morgan fingerprint density at radius 1 is 1.08 bits per heavy atom. The number of hydrogen-bond acceptors (Lipinski definition) is 8. The summed E-state index contributed by atoms with van der Waals surface area (Å²) < 4.78 is 5.12. The average molecular weight is 506 g/mol. The lowest BCUT2D eigenvalue weighted by molar-refractivity contribution is -0.153. The summed E-state index contributed by atoms with van der Waals surface area (Å²) in [5, 5.41) is 15.4. The van der Waals surface area contributed by atoms with Crippen molar-refractivity contribution in [1.29, 1.82) is 0 Å². The summed E-state index contributed by atoms with van der Waals surface area (Å²) in [7, 11) is 0. The average Bonchev–Trinajstić information content (AvgIpc) is 3.38. The topological polar surface area (TPSA) is 132 Å². The number of nitrogens with one attached hydrogen (secondary N) is 1. The highest BCUT2D eigenvalue weighted by Crippen LogP contribution is 2.23. The normalized spacial score (nSPS) is 14.5. The molecule has 4 rings (SSSR count). The van der Waals surface area contributed by atoms with Crippen LogP contribution < -0.4 is 5.32 Å². The maximum atomic E-state index is 13.6. The number of esters is 1. The van der Waals surface area contributed by atoms with Gasteiger partial charge in [0.1, 0.15) is 13.1 Å². The van der Waals surface area contributed by atoms with Crippen molar-refractivity contribution in [3.8, 4) is 11.4 Å². The molecule has 1 aliphatic rings. The standard InChI is InChI=1S/C26H31N7O4/c1-2-37-23(35)18-32(22(34)17-33-30-25(29-31-33)19-11-5-3-6-12-19)24(21-15-9-10-16-27-21)26(36)28-20-13-7-4-8-14-20/h3,5-6,9-12,15-16,20,24H,2,4,7-8,13-14,17-18H2,1H3,(H,28,36)/t24-/m0/s1. The van der Waals surface area contributed by atoms with E-state index in [1.54, 1.807) is 31.3 Å². The first-order valence-electron chi connectivity index (χ1n) is 12.5. The van der Waals surface area contributed by atoms with Crippen molar-refractivity contribution in [2.75, 3.05) is 13.2 Å². The van der Waals surface area contributed by atoms with Gasteiger partial charge in [0, 0.05) is 17.8 Å². The molecule has 1 aliphatic carbocycles. The summed E-state index contributed by atoms with van der Waals surface area (Å²) in [4.78, 5) is 46.4. The maximum absolute atomic E-state index is 13.6. The number of nitrogens with zero attached hydrogens (tertiary/aromatic N) is 6. The highest BCUT2D eigenvalue weighted by Gasteiger charge is 2.35. The summed E-state index contributed by atoms with van der Waals surface area (Å²) >= 11 is 0. The molecule has 11 nitrogen and oxygen atoms in total. The summed E-state index contributed by atoms with van der Waals surface area (Å²) in [5.41, 5.74) is 1.10. The van der Waals surface area contributed by atoms with Gasteiger partial charge < -0.3 is 15.0 Å². The first-order valence-corrected chi connectivity index (χ1v) is 12.5. The molecule has 0 saturated heterocycles. The molecule has 0 spiro atoms. The number of pyridine rings is 1. The van der Waals surface area contributed by atoms with Gasteiger partial charge in [0.25, 0.3) is 0 Å². The van der Waals surface area contributed by atoms with Crippen LogP contribution in [0.3, 0.4) is 0 Å². The van der Waals surface area contributed by atoms with Gasteiger partial charge in [0.15, 0.2) is 6.04 Å². The zero-order valence-corrected chi connectivity index (χ0v) is 20.8. The first kappa shape index (κ1) is 25.9. The van der Waals surface area contributed by atoms with Crippen LogP contribution >= 0.6 is 0 Å². The van der Waals surface area contributed by atoms with Crippen molar-refractivity contribution in [1.82, 2.24) is 35.4 Å². The molecule has 2 heterocycles. The van der Waals surface area contributed by atoms with Gasteiger partial charge in [0.05, 0.1) is 12.3 Å². The van der Waals surface area contributed by atoms with Gasteiger partial charge in [-0.2, -0.15) is 4.80 Å². The van der Waals surface area contributed by atoms with Crippen molar-refractivity contribution >= 4 is 17.8 Å². The third-order valence-corrected chi connectivity index (χ3v) is 6.17. The van der Waals surface area contributed by atoms with Gasteiger partial charge in [-0.15, -0.1) is 10.2 Å². The molecule has 0 radical (unpaired) electrons. The minimum absolute atomic E-state index is 0.0115. The Labute approximate surface area is 215 Å². The van der Waals surface area contributed by atoms with Crippen LogP contribution in [0.1, 0.15) is 50.8 Å². The van der Waals surface area contributed by atoms with Gasteiger partial charge >= 0.3 is 5.97 Å². The SMILES string of the molecule is CCOC(=O)CN(C(=O)Cn1nnc(-c2ccccc2)n1)[C@H](C(=O)NC1CCCCC1)c1ccccn1. The highest BCUT2D eigenvalue weighted by molar-refractivity contribution is 5.90. The summed E-state index contributed by atoms with van der Waals surface area (Å²) in [5.74, 6) is -1.19. The fraction of sp³-hybridized carbons (Fsp3) is 0.423. The molecule has 1 atom stereocenters. The van der Waals surface area contributed by atoms with Crippen molar-refractivity contribution in [2.45, 2.75) is 57.7 Å². The Hall–Kier alpha value is -4.15. The van der Waals surface area contributed by atoms with Gasteiger partial charge in [-0.25, -0.2) is 0 Å². The number of amides is 2. The lowest BCUT2D eigenvalue weighted by Crippen LogP contribution is -2.49. The number of hydrogen-bond donors (Lipinski definition) is 1. The van der Waals surface area contributed by atoms with Gasteiger partial charge in [0.2, 0.25) is 17.6 Å². The molecule has 1 N–H and O–H groups in total. The van der Waals surface area contributed by atoms with E-state index in [4.69, 9.17) is 4.74 Å². The number of carbonyl (C=O) groups excluding carboxylic acids is 3. The Kier molecular flexibility index (Phi) is 8.90. The van der Waals surface area contributed by atoms with Crippen LogP contribution in [-0.2, 0) is 25.7 Å². The Bertz CT molecular complexity index is 1180. The number of ether oxygens (including phenoxy) is 1. The molecule has 1 fully saturated rings. The van der Waals surface area contributed by atoms with Crippen LogP contribution in [0.2, 0.25) is 0 Å². The second kappa shape index (κ2) is 12.7. The lowest BCUT2D eigenvalue weighted by atomic mass is 9.95. The molecular formula is C26H31N7O4. The Morgan fingerprint density at radius 2 is 1.84 bits per heavy atom. The number of tetrazole rings is 1. The Balaban J connectivity index is 1.61. The zero-order chi connectivity index (χ0) is 26.0. The van der Waals surface area contributed by atoms with Gasteiger partial charge in [-0.1, -0.05) is 55.7 Å². The fourth-order valence-electron chi connectivity index (χ4n) is 4.39. The summed E-state index contributed by atoms with van der Waals surface area (Å²) in [6.07, 6.45) is 6.50. The van der Waals surface area contributed by atoms with Crippen molar-refractivity contribution in [2.24, 2.45) is 0 Å². The van der Waals surface area contributed by atoms with Crippen LogP contribution in [0.25, 0.3) is 11.4 Å². The van der Waals surface area contributed by atoms with Crippen molar-refractivity contribution in [3.63, 3.8) is 0 Å². The minimum Gasteiger partial charge on any atom is -0.465 e. The molecular weight excluding hydrogens is 474 g/mol. The van der Waals surface area contributed by atoms with E-state index < -0.39 is 24.5 Å². The quantitative estimate of drug-likeness (QED) is 0.415. The number of carbonyl (C=O) groups is 3. The van der Waals surface area contributed by atoms with Gasteiger partial charge in [-0.3, -0.25) is 19.4 Å². The zero-order valence-electron chi connectivity index (χ0n) is 20.8. The summed E-state index contributed by atoms with van der Waals surface area (Å²) in [6, 6.07) is 13.3. The molecule has 194 valence electrons. The molecule has 0 bridgehead atoms. The highest BCUT2D eigenvalue weighted by atomic mass is 16.5. The van der Waals surface area contributed by atoms with Crippen molar-refractivity contribution < 1.29 is 19.1 Å². The van der Waals surface area contributed by atoms with E-state index in [-0.39, 0.29) is 25.1 Å². The van der Waals surface area contributed by atoms with Crippen LogP contribution in [0.5, 0.6) is 0 Å². The maximum Gasteiger partial charge on any atom is 0.325 e. The molecule has 1 aromatic carbocycles. The van der Waals surface area contributed by atoms with E-state index in [1.165, 1.54) is 4.90 Å². The third-order valence-electron chi connectivity index (χ3n) is 6.17. The number of rotatable bonds is 10. The monoisotopic (exact) mass is 505 g/mol. The van der Waals surface area contributed by atoms with E-state index in [1.807, 2.05) is 30.3 Å².